The van der Waals surface area contributed by atoms with Gasteiger partial charge in [-0.25, -0.2) is 9.97 Å². The van der Waals surface area contributed by atoms with Crippen molar-refractivity contribution in [3.8, 4) is 11.3 Å². The van der Waals surface area contributed by atoms with Crippen LogP contribution in [-0.4, -0.2) is 31.0 Å². The van der Waals surface area contributed by atoms with E-state index in [9.17, 15) is 9.90 Å². The smallest absolute Gasteiger partial charge is 0.317 e. The lowest BCUT2D eigenvalue weighted by Crippen LogP contribution is -2.20. The summed E-state index contributed by atoms with van der Waals surface area (Å²) in [4.78, 5) is 25.9. The number of carbonyl (C=O) groups is 1. The van der Waals surface area contributed by atoms with E-state index in [2.05, 4.69) is 19.9 Å². The Kier molecular flexibility index (Phi) is 2.07. The number of benzene rings is 1. The molecule has 2 heterocycles. The quantitative estimate of drug-likeness (QED) is 0.677. The topological polar surface area (TPSA) is 94.7 Å². The Bertz CT molecular complexity index is 813. The van der Waals surface area contributed by atoms with Crippen molar-refractivity contribution >= 4 is 17.0 Å². The molecule has 6 nitrogen and oxygen atoms in total. The van der Waals surface area contributed by atoms with E-state index in [1.807, 2.05) is 18.2 Å². The van der Waals surface area contributed by atoms with Gasteiger partial charge >= 0.3 is 5.97 Å². The summed E-state index contributed by atoms with van der Waals surface area (Å²) in [5.74, 6) is -0.257. The van der Waals surface area contributed by atoms with Crippen molar-refractivity contribution in [1.82, 2.24) is 19.9 Å². The number of aromatic nitrogens is 4. The van der Waals surface area contributed by atoms with Gasteiger partial charge in [0.05, 0.1) is 29.3 Å². The highest BCUT2D eigenvalue weighted by molar-refractivity contribution is 5.84. The van der Waals surface area contributed by atoms with Crippen molar-refractivity contribution in [2.75, 3.05) is 0 Å². The summed E-state index contributed by atoms with van der Waals surface area (Å²) in [5.41, 5.74) is 2.83. The molecule has 0 saturated heterocycles. The molecule has 1 saturated carbocycles. The minimum absolute atomic E-state index is 0.546. The average molecular weight is 268 g/mol. The van der Waals surface area contributed by atoms with Crippen molar-refractivity contribution in [1.29, 1.82) is 0 Å². The number of nitrogens with one attached hydrogen (secondary N) is 2. The van der Waals surface area contributed by atoms with Crippen molar-refractivity contribution in [2.45, 2.75) is 18.3 Å². The zero-order valence-corrected chi connectivity index (χ0v) is 10.6. The van der Waals surface area contributed by atoms with Gasteiger partial charge in [-0.05, 0) is 25.0 Å². The number of carboxylic acids is 1. The highest BCUT2D eigenvalue weighted by Gasteiger charge is 2.54. The molecule has 1 aromatic carbocycles. The molecule has 1 fully saturated rings. The third-order valence-corrected chi connectivity index (χ3v) is 3.92. The van der Waals surface area contributed by atoms with Crippen LogP contribution < -0.4 is 0 Å². The van der Waals surface area contributed by atoms with Crippen LogP contribution in [0.3, 0.4) is 0 Å². The second-order valence-corrected chi connectivity index (χ2v) is 5.17. The van der Waals surface area contributed by atoms with E-state index >= 15 is 0 Å². The zero-order chi connectivity index (χ0) is 13.7. The van der Waals surface area contributed by atoms with E-state index in [4.69, 9.17) is 0 Å². The normalized spacial score (nSPS) is 16.4. The van der Waals surface area contributed by atoms with Crippen molar-refractivity contribution in [3.63, 3.8) is 0 Å². The van der Waals surface area contributed by atoms with Crippen molar-refractivity contribution < 1.29 is 9.90 Å². The van der Waals surface area contributed by atoms with Crippen LogP contribution in [0.15, 0.2) is 30.7 Å². The summed E-state index contributed by atoms with van der Waals surface area (Å²) in [7, 11) is 0. The number of H-pyrrole nitrogens is 2. The minimum atomic E-state index is -0.803. The van der Waals surface area contributed by atoms with E-state index < -0.39 is 11.4 Å². The maximum Gasteiger partial charge on any atom is 0.317 e. The van der Waals surface area contributed by atoms with Gasteiger partial charge in [-0.15, -0.1) is 0 Å². The van der Waals surface area contributed by atoms with Crippen LogP contribution in [0.1, 0.15) is 18.7 Å². The summed E-state index contributed by atoms with van der Waals surface area (Å²) >= 11 is 0. The molecule has 4 rings (SSSR count). The predicted molar refractivity (Wildman–Crippen MR) is 72.2 cm³/mol. The van der Waals surface area contributed by atoms with Crippen LogP contribution in [-0.2, 0) is 10.2 Å². The van der Waals surface area contributed by atoms with Gasteiger partial charge in [0.1, 0.15) is 11.2 Å². The second kappa shape index (κ2) is 3.69. The number of hydrogen-bond donors (Lipinski definition) is 3. The Morgan fingerprint density at radius 1 is 1.30 bits per heavy atom. The molecule has 6 heteroatoms. The molecule has 0 spiro atoms. The highest BCUT2D eigenvalue weighted by atomic mass is 16.4. The third kappa shape index (κ3) is 1.48. The molecule has 0 radical (unpaired) electrons. The Morgan fingerprint density at radius 2 is 2.15 bits per heavy atom. The van der Waals surface area contributed by atoms with Crippen LogP contribution in [0, 0.1) is 0 Å². The lowest BCUT2D eigenvalue weighted by atomic mass is 10.1. The number of aromatic amines is 2. The zero-order valence-electron chi connectivity index (χ0n) is 10.6. The Morgan fingerprint density at radius 3 is 2.90 bits per heavy atom. The first-order valence-corrected chi connectivity index (χ1v) is 6.41. The standard InChI is InChI=1S/C14H12N4O2/c19-13(20)14(3-4-14)12-15-6-11(18-12)8-1-2-9-10(5-8)17-7-16-9/h1-2,5-7H,3-4H2,(H,15,18)(H,16,17)(H,19,20). The van der Waals surface area contributed by atoms with Gasteiger partial charge in [0, 0.05) is 5.56 Å². The van der Waals surface area contributed by atoms with E-state index in [1.54, 1.807) is 12.5 Å². The molecule has 0 atom stereocenters. The third-order valence-electron chi connectivity index (χ3n) is 3.92. The first kappa shape index (κ1) is 11.2. The predicted octanol–water partition coefficient (Wildman–Crippen LogP) is 2.07. The monoisotopic (exact) mass is 268 g/mol. The summed E-state index contributed by atoms with van der Waals surface area (Å²) in [6.45, 7) is 0. The Hall–Kier alpha value is -2.63. The number of imidazole rings is 2. The van der Waals surface area contributed by atoms with Crippen LogP contribution in [0.2, 0.25) is 0 Å². The number of rotatable bonds is 3. The van der Waals surface area contributed by atoms with Crippen molar-refractivity contribution in [2.24, 2.45) is 0 Å². The maximum atomic E-state index is 11.3. The van der Waals surface area contributed by atoms with Crippen molar-refractivity contribution in [3.05, 3.63) is 36.5 Å². The molecular formula is C14H12N4O2. The fourth-order valence-electron chi connectivity index (χ4n) is 2.49. The van der Waals surface area contributed by atoms with Gasteiger partial charge < -0.3 is 15.1 Å². The first-order chi connectivity index (χ1) is 9.69. The fourth-order valence-corrected chi connectivity index (χ4v) is 2.49. The molecular weight excluding hydrogens is 256 g/mol. The summed E-state index contributed by atoms with van der Waals surface area (Å²) in [6, 6.07) is 5.84. The summed E-state index contributed by atoms with van der Waals surface area (Å²) in [5, 5.41) is 9.28. The number of aliphatic carboxylic acids is 1. The van der Waals surface area contributed by atoms with Crippen LogP contribution in [0.4, 0.5) is 0 Å². The highest BCUT2D eigenvalue weighted by Crippen LogP contribution is 2.47. The molecule has 1 aliphatic carbocycles. The van der Waals surface area contributed by atoms with Gasteiger partial charge in [-0.3, -0.25) is 4.79 Å². The lowest BCUT2D eigenvalue weighted by molar-refractivity contribution is -0.140. The maximum absolute atomic E-state index is 11.3. The molecule has 0 aliphatic heterocycles. The average Bonchev–Trinajstić information content (AvgIpc) is 2.91. The second-order valence-electron chi connectivity index (χ2n) is 5.17. The molecule has 2 aromatic heterocycles. The van der Waals surface area contributed by atoms with Gasteiger partial charge in [-0.2, -0.15) is 0 Å². The number of carboxylic acid groups (broad SMARTS) is 1. The van der Waals surface area contributed by atoms with Gasteiger partial charge in [0.15, 0.2) is 0 Å². The first-order valence-electron chi connectivity index (χ1n) is 6.41. The minimum Gasteiger partial charge on any atom is -0.480 e. The Balaban J connectivity index is 1.76. The number of fused-ring (bicyclic) bond motifs is 1. The fraction of sp³-hybridized carbons (Fsp3) is 0.214. The van der Waals surface area contributed by atoms with Crippen LogP contribution >= 0.6 is 0 Å². The molecule has 3 aromatic rings. The molecule has 0 amide bonds. The molecule has 0 unspecified atom stereocenters. The van der Waals surface area contributed by atoms with E-state index in [0.29, 0.717) is 18.7 Å². The summed E-state index contributed by atoms with van der Waals surface area (Å²) < 4.78 is 0. The van der Waals surface area contributed by atoms with Gasteiger partial charge in [-0.1, -0.05) is 6.07 Å². The summed E-state index contributed by atoms with van der Waals surface area (Å²) in [6.07, 6.45) is 4.63. The van der Waals surface area contributed by atoms with Gasteiger partial charge in [0.2, 0.25) is 0 Å². The van der Waals surface area contributed by atoms with E-state index in [0.717, 1.165) is 22.3 Å². The number of nitrogens with zero attached hydrogens (tertiary/aromatic N) is 2. The Labute approximate surface area is 113 Å². The molecule has 20 heavy (non-hydrogen) atoms. The lowest BCUT2D eigenvalue weighted by Gasteiger charge is -2.05. The SMILES string of the molecule is O=C(O)C1(c2ncc(-c3ccc4nc[nH]c4c3)[nH]2)CC1. The van der Waals surface area contributed by atoms with Crippen LogP contribution in [0.5, 0.6) is 0 Å². The molecule has 0 bridgehead atoms. The largest absolute Gasteiger partial charge is 0.480 e. The molecule has 1 aliphatic rings. The number of hydrogen-bond acceptors (Lipinski definition) is 3. The molecule has 100 valence electrons. The molecule has 3 N–H and O–H groups in total. The van der Waals surface area contributed by atoms with Gasteiger partial charge in [0.25, 0.3) is 0 Å². The van der Waals surface area contributed by atoms with Crippen LogP contribution in [0.25, 0.3) is 22.3 Å². The van der Waals surface area contributed by atoms with E-state index in [1.165, 1.54) is 0 Å². The van der Waals surface area contributed by atoms with E-state index in [-0.39, 0.29) is 0 Å².